The number of hydrogen-bond acceptors (Lipinski definition) is 6. The Bertz CT molecular complexity index is 813. The van der Waals surface area contributed by atoms with E-state index in [9.17, 15) is 0 Å². The van der Waals surface area contributed by atoms with E-state index in [2.05, 4.69) is 47.9 Å². The molecule has 2 aromatic rings. The predicted molar refractivity (Wildman–Crippen MR) is 128 cm³/mol. The van der Waals surface area contributed by atoms with Gasteiger partial charge in [0.1, 0.15) is 5.76 Å². The van der Waals surface area contributed by atoms with Crippen LogP contribution in [0.1, 0.15) is 43.0 Å². The number of aryl methyl sites for hydroxylation is 2. The van der Waals surface area contributed by atoms with E-state index in [0.717, 1.165) is 75.4 Å². The predicted octanol–water partition coefficient (Wildman–Crippen LogP) is 3.40. The van der Waals surface area contributed by atoms with Crippen molar-refractivity contribution in [3.8, 4) is 0 Å². The SMILES string of the molecule is CN=C(NCC1CCN(Cc2nc(C)c(C)o2)CC1)NC1CCN(c2cccs2)CC1. The smallest absolute Gasteiger partial charge is 0.208 e. The van der Waals surface area contributed by atoms with E-state index < -0.39 is 0 Å². The molecule has 170 valence electrons. The number of guanidine groups is 1. The first-order valence-electron chi connectivity index (χ1n) is 11.5. The van der Waals surface area contributed by atoms with Gasteiger partial charge in [0.15, 0.2) is 5.96 Å². The van der Waals surface area contributed by atoms with Crippen LogP contribution in [0.15, 0.2) is 26.9 Å². The summed E-state index contributed by atoms with van der Waals surface area (Å²) in [6.07, 6.45) is 4.69. The van der Waals surface area contributed by atoms with E-state index in [1.54, 1.807) is 0 Å². The van der Waals surface area contributed by atoms with Crippen molar-refractivity contribution in [1.29, 1.82) is 0 Å². The third kappa shape index (κ3) is 6.01. The second kappa shape index (κ2) is 10.5. The number of aromatic nitrogens is 1. The largest absolute Gasteiger partial charge is 0.444 e. The summed E-state index contributed by atoms with van der Waals surface area (Å²) in [5.74, 6) is 3.41. The van der Waals surface area contributed by atoms with Crippen LogP contribution >= 0.6 is 11.3 Å². The Morgan fingerprint density at radius 1 is 1.19 bits per heavy atom. The molecule has 0 radical (unpaired) electrons. The molecule has 2 fully saturated rings. The van der Waals surface area contributed by atoms with Gasteiger partial charge < -0.3 is 20.0 Å². The van der Waals surface area contributed by atoms with Crippen molar-refractivity contribution < 1.29 is 4.42 Å². The minimum atomic E-state index is 0.497. The van der Waals surface area contributed by atoms with Crippen molar-refractivity contribution in [3.05, 3.63) is 34.9 Å². The van der Waals surface area contributed by atoms with Crippen molar-refractivity contribution in [3.63, 3.8) is 0 Å². The van der Waals surface area contributed by atoms with E-state index in [-0.39, 0.29) is 0 Å². The third-order valence-electron chi connectivity index (χ3n) is 6.57. The van der Waals surface area contributed by atoms with Crippen LogP contribution in [-0.2, 0) is 6.54 Å². The number of oxazole rings is 1. The number of hydrogen-bond donors (Lipinski definition) is 2. The molecule has 2 aliphatic heterocycles. The van der Waals surface area contributed by atoms with Gasteiger partial charge in [-0.3, -0.25) is 9.89 Å². The van der Waals surface area contributed by atoms with Crippen LogP contribution < -0.4 is 15.5 Å². The maximum atomic E-state index is 5.75. The van der Waals surface area contributed by atoms with Gasteiger partial charge in [-0.25, -0.2) is 4.98 Å². The number of anilines is 1. The molecular formula is C23H36N6OS. The summed E-state index contributed by atoms with van der Waals surface area (Å²) in [4.78, 5) is 13.9. The number of aliphatic imine (C=N–C) groups is 1. The van der Waals surface area contributed by atoms with Crippen LogP contribution in [0.5, 0.6) is 0 Å². The first-order valence-corrected chi connectivity index (χ1v) is 12.4. The fourth-order valence-corrected chi connectivity index (χ4v) is 5.26. The van der Waals surface area contributed by atoms with E-state index in [1.165, 1.54) is 17.8 Å². The van der Waals surface area contributed by atoms with Gasteiger partial charge in [-0.05, 0) is 76.1 Å². The van der Waals surface area contributed by atoms with Crippen LogP contribution in [0.4, 0.5) is 5.00 Å². The average Bonchev–Trinajstić information content (AvgIpc) is 3.43. The normalized spacial score (nSPS) is 19.7. The second-order valence-electron chi connectivity index (χ2n) is 8.78. The molecule has 8 heteroatoms. The summed E-state index contributed by atoms with van der Waals surface area (Å²) in [5.41, 5.74) is 1.00. The van der Waals surface area contributed by atoms with Crippen molar-refractivity contribution in [2.45, 2.75) is 52.1 Å². The molecule has 0 saturated carbocycles. The molecule has 4 rings (SSSR count). The highest BCUT2D eigenvalue weighted by atomic mass is 32.1. The molecule has 0 amide bonds. The molecule has 2 aromatic heterocycles. The summed E-state index contributed by atoms with van der Waals surface area (Å²) in [6.45, 7) is 10.2. The van der Waals surface area contributed by atoms with Gasteiger partial charge in [-0.2, -0.15) is 0 Å². The lowest BCUT2D eigenvalue weighted by Gasteiger charge is -2.34. The van der Waals surface area contributed by atoms with Gasteiger partial charge in [0.05, 0.1) is 17.2 Å². The summed E-state index contributed by atoms with van der Waals surface area (Å²) in [5, 5.41) is 10.8. The van der Waals surface area contributed by atoms with Crippen LogP contribution in [-0.4, -0.2) is 61.7 Å². The molecule has 0 aromatic carbocycles. The van der Waals surface area contributed by atoms with Crippen LogP contribution in [0, 0.1) is 19.8 Å². The molecule has 2 saturated heterocycles. The second-order valence-corrected chi connectivity index (χ2v) is 9.70. The van der Waals surface area contributed by atoms with Crippen LogP contribution in [0.3, 0.4) is 0 Å². The van der Waals surface area contributed by atoms with E-state index in [1.807, 2.05) is 32.2 Å². The Hall–Kier alpha value is -2.06. The van der Waals surface area contributed by atoms with Gasteiger partial charge in [0.2, 0.25) is 5.89 Å². The number of piperidine rings is 2. The fourth-order valence-electron chi connectivity index (χ4n) is 4.47. The molecule has 0 unspecified atom stereocenters. The molecule has 0 bridgehead atoms. The lowest BCUT2D eigenvalue weighted by molar-refractivity contribution is 0.164. The topological polar surface area (TPSA) is 68.9 Å². The quantitative estimate of drug-likeness (QED) is 0.526. The average molecular weight is 445 g/mol. The molecular weight excluding hydrogens is 408 g/mol. The molecule has 31 heavy (non-hydrogen) atoms. The lowest BCUT2D eigenvalue weighted by atomic mass is 9.97. The first-order chi connectivity index (χ1) is 15.1. The number of nitrogens with zero attached hydrogens (tertiary/aromatic N) is 4. The molecule has 2 N–H and O–H groups in total. The molecule has 4 heterocycles. The monoisotopic (exact) mass is 444 g/mol. The number of nitrogens with one attached hydrogen (secondary N) is 2. The van der Waals surface area contributed by atoms with Crippen LogP contribution in [0.2, 0.25) is 0 Å². The fraction of sp³-hybridized carbons (Fsp3) is 0.652. The first kappa shape index (κ1) is 22.1. The molecule has 7 nitrogen and oxygen atoms in total. The standard InChI is InChI=1S/C23H36N6OS/c1-17-18(2)30-21(26-17)16-28-10-6-19(7-11-28)15-25-23(24-3)27-20-8-12-29(13-9-20)22-5-4-14-31-22/h4-5,14,19-20H,6-13,15-16H2,1-3H3,(H2,24,25,27). The van der Waals surface area contributed by atoms with Crippen molar-refractivity contribution in [1.82, 2.24) is 20.5 Å². The van der Waals surface area contributed by atoms with Crippen molar-refractivity contribution in [2.75, 3.05) is 44.7 Å². The Labute approximate surface area is 189 Å². The van der Waals surface area contributed by atoms with Gasteiger partial charge in [0.25, 0.3) is 0 Å². The lowest BCUT2D eigenvalue weighted by Crippen LogP contribution is -2.49. The molecule has 2 aliphatic rings. The summed E-state index contributed by atoms with van der Waals surface area (Å²) >= 11 is 1.83. The minimum Gasteiger partial charge on any atom is -0.444 e. The number of likely N-dealkylation sites (tertiary alicyclic amines) is 1. The molecule has 0 aliphatic carbocycles. The summed E-state index contributed by atoms with van der Waals surface area (Å²) < 4.78 is 5.75. The van der Waals surface area contributed by atoms with Crippen molar-refractivity contribution >= 4 is 22.3 Å². The van der Waals surface area contributed by atoms with Gasteiger partial charge in [-0.15, -0.1) is 11.3 Å². The summed E-state index contributed by atoms with van der Waals surface area (Å²) in [7, 11) is 1.87. The third-order valence-corrected chi connectivity index (χ3v) is 7.50. The van der Waals surface area contributed by atoms with E-state index in [0.29, 0.717) is 12.0 Å². The zero-order chi connectivity index (χ0) is 21.6. The maximum absolute atomic E-state index is 5.75. The highest BCUT2D eigenvalue weighted by Crippen LogP contribution is 2.25. The number of thiophene rings is 1. The highest BCUT2D eigenvalue weighted by Gasteiger charge is 2.23. The zero-order valence-electron chi connectivity index (χ0n) is 19.1. The zero-order valence-corrected chi connectivity index (χ0v) is 19.9. The minimum absolute atomic E-state index is 0.497. The van der Waals surface area contributed by atoms with Crippen molar-refractivity contribution in [2.24, 2.45) is 10.9 Å². The van der Waals surface area contributed by atoms with Crippen LogP contribution in [0.25, 0.3) is 0 Å². The van der Waals surface area contributed by atoms with E-state index in [4.69, 9.17) is 4.42 Å². The Kier molecular flexibility index (Phi) is 7.50. The van der Waals surface area contributed by atoms with Gasteiger partial charge >= 0.3 is 0 Å². The van der Waals surface area contributed by atoms with Gasteiger partial charge in [-0.1, -0.05) is 0 Å². The summed E-state index contributed by atoms with van der Waals surface area (Å²) in [6, 6.07) is 4.85. The maximum Gasteiger partial charge on any atom is 0.208 e. The Morgan fingerprint density at radius 3 is 2.58 bits per heavy atom. The Balaban J connectivity index is 1.14. The van der Waals surface area contributed by atoms with Gasteiger partial charge in [0, 0.05) is 32.7 Å². The number of rotatable bonds is 6. The van der Waals surface area contributed by atoms with E-state index >= 15 is 0 Å². The highest BCUT2D eigenvalue weighted by molar-refractivity contribution is 7.14. The molecule has 0 atom stereocenters. The Morgan fingerprint density at radius 2 is 1.97 bits per heavy atom. The molecule has 0 spiro atoms.